The minimum absolute atomic E-state index is 0.0343. The molecule has 0 spiro atoms. The van der Waals surface area contributed by atoms with Gasteiger partial charge in [0, 0.05) is 11.8 Å². The van der Waals surface area contributed by atoms with E-state index in [1.54, 1.807) is 11.8 Å². The molecule has 1 aliphatic rings. The third-order valence-electron chi connectivity index (χ3n) is 4.52. The molecule has 2 aromatic heterocycles. The summed E-state index contributed by atoms with van der Waals surface area (Å²) in [5.41, 5.74) is -0.107. The van der Waals surface area contributed by atoms with Crippen LogP contribution >= 0.6 is 11.8 Å². The Labute approximate surface area is 147 Å². The summed E-state index contributed by atoms with van der Waals surface area (Å²) in [4.78, 5) is 9.11. The van der Waals surface area contributed by atoms with Crippen molar-refractivity contribution in [2.75, 3.05) is 0 Å². The van der Waals surface area contributed by atoms with Crippen LogP contribution in [0.25, 0.3) is 0 Å². The first-order valence-electron chi connectivity index (χ1n) is 8.84. The number of nitrogens with one attached hydrogen (secondary N) is 1. The predicted molar refractivity (Wildman–Crippen MR) is 93.9 cm³/mol. The molecule has 132 valence electrons. The van der Waals surface area contributed by atoms with Crippen LogP contribution in [-0.2, 0) is 11.8 Å². The summed E-state index contributed by atoms with van der Waals surface area (Å²) in [6.07, 6.45) is 7.73. The summed E-state index contributed by atoms with van der Waals surface area (Å²) in [7, 11) is 0. The highest BCUT2D eigenvalue weighted by Crippen LogP contribution is 2.33. The first kappa shape index (κ1) is 17.5. The van der Waals surface area contributed by atoms with Gasteiger partial charge in [0.15, 0.2) is 5.82 Å². The van der Waals surface area contributed by atoms with Gasteiger partial charge in [0.2, 0.25) is 11.0 Å². The number of thioether (sulfide) groups is 1. The highest BCUT2D eigenvalue weighted by atomic mass is 32.2. The van der Waals surface area contributed by atoms with E-state index < -0.39 is 0 Å². The van der Waals surface area contributed by atoms with Gasteiger partial charge in [0.1, 0.15) is 5.82 Å². The summed E-state index contributed by atoms with van der Waals surface area (Å²) in [6, 6.07) is 0. The van der Waals surface area contributed by atoms with Crippen LogP contribution in [0.15, 0.2) is 9.68 Å². The van der Waals surface area contributed by atoms with E-state index in [9.17, 15) is 0 Å². The van der Waals surface area contributed by atoms with Gasteiger partial charge in [-0.15, -0.1) is 5.10 Å². The molecular formula is C17H27N5OS. The number of hydrogen-bond donors (Lipinski definition) is 1. The molecule has 2 aromatic rings. The molecule has 1 aliphatic carbocycles. The van der Waals surface area contributed by atoms with E-state index in [4.69, 9.17) is 4.52 Å². The van der Waals surface area contributed by atoms with Gasteiger partial charge < -0.3 is 4.52 Å². The highest BCUT2D eigenvalue weighted by Gasteiger charge is 2.24. The monoisotopic (exact) mass is 349 g/mol. The molecule has 0 radical (unpaired) electrons. The van der Waals surface area contributed by atoms with Crippen molar-refractivity contribution >= 4 is 11.8 Å². The molecule has 0 aliphatic heterocycles. The molecule has 2 heterocycles. The van der Waals surface area contributed by atoms with Gasteiger partial charge in [0.25, 0.3) is 0 Å². The molecular weight excluding hydrogens is 322 g/mol. The first-order valence-corrected chi connectivity index (χ1v) is 9.72. The molecule has 0 amide bonds. The van der Waals surface area contributed by atoms with Crippen LogP contribution in [0.2, 0.25) is 0 Å². The van der Waals surface area contributed by atoms with Gasteiger partial charge in [-0.25, -0.2) is 4.98 Å². The quantitative estimate of drug-likeness (QED) is 0.775. The molecule has 7 heteroatoms. The second-order valence-electron chi connectivity index (χ2n) is 7.72. The fourth-order valence-corrected chi connectivity index (χ4v) is 3.77. The normalized spacial score (nSPS) is 17.5. The van der Waals surface area contributed by atoms with Crippen molar-refractivity contribution in [1.29, 1.82) is 0 Å². The van der Waals surface area contributed by atoms with E-state index in [2.05, 4.69) is 46.1 Å². The zero-order valence-electron chi connectivity index (χ0n) is 15.0. The number of hydrogen-bond acceptors (Lipinski definition) is 6. The lowest BCUT2D eigenvalue weighted by Crippen LogP contribution is -2.13. The van der Waals surface area contributed by atoms with Crippen LogP contribution in [-0.4, -0.2) is 25.3 Å². The number of nitrogens with zero attached hydrogens (tertiary/aromatic N) is 4. The lowest BCUT2D eigenvalue weighted by atomic mass is 9.96. The molecule has 1 fully saturated rings. The Balaban J connectivity index is 1.54. The Kier molecular flexibility index (Phi) is 5.27. The Bertz CT molecular complexity index is 654. The van der Waals surface area contributed by atoms with Crippen molar-refractivity contribution in [3.05, 3.63) is 17.5 Å². The fourth-order valence-electron chi connectivity index (χ4n) is 3.00. The molecule has 6 nitrogen and oxygen atoms in total. The van der Waals surface area contributed by atoms with E-state index in [1.165, 1.54) is 32.1 Å². The Morgan fingerprint density at radius 2 is 2.00 bits per heavy atom. The molecule has 0 aromatic carbocycles. The third kappa shape index (κ3) is 4.37. The Morgan fingerprint density at radius 1 is 1.25 bits per heavy atom. The molecule has 1 unspecified atom stereocenters. The average Bonchev–Trinajstić information content (AvgIpc) is 3.26. The van der Waals surface area contributed by atoms with Gasteiger partial charge in [-0.1, -0.05) is 63.4 Å². The van der Waals surface area contributed by atoms with E-state index in [1.807, 2.05) is 6.92 Å². The van der Waals surface area contributed by atoms with Crippen LogP contribution in [0, 0.1) is 5.92 Å². The SMILES string of the molecule is CC(Sc1n[nH]c(CCC2CCCC2)n1)c1nc(C(C)(C)C)no1. The number of aromatic amines is 1. The van der Waals surface area contributed by atoms with Crippen molar-refractivity contribution in [2.45, 2.75) is 82.0 Å². The molecule has 0 bridgehead atoms. The average molecular weight is 350 g/mol. The largest absolute Gasteiger partial charge is 0.338 e. The van der Waals surface area contributed by atoms with E-state index in [-0.39, 0.29) is 10.7 Å². The lowest BCUT2D eigenvalue weighted by molar-refractivity contribution is 0.364. The van der Waals surface area contributed by atoms with Gasteiger partial charge in [-0.3, -0.25) is 5.10 Å². The summed E-state index contributed by atoms with van der Waals surface area (Å²) in [5, 5.41) is 12.3. The zero-order valence-corrected chi connectivity index (χ0v) is 15.8. The van der Waals surface area contributed by atoms with Gasteiger partial charge in [0.05, 0.1) is 5.25 Å². The smallest absolute Gasteiger partial charge is 0.239 e. The number of aryl methyl sites for hydroxylation is 1. The summed E-state index contributed by atoms with van der Waals surface area (Å²) < 4.78 is 5.40. The summed E-state index contributed by atoms with van der Waals surface area (Å²) in [5.74, 6) is 3.22. The van der Waals surface area contributed by atoms with Gasteiger partial charge in [-0.2, -0.15) is 4.98 Å². The van der Waals surface area contributed by atoms with Gasteiger partial charge in [-0.05, 0) is 19.3 Å². The summed E-state index contributed by atoms with van der Waals surface area (Å²) >= 11 is 1.55. The van der Waals surface area contributed by atoms with Crippen molar-refractivity contribution in [1.82, 2.24) is 25.3 Å². The van der Waals surface area contributed by atoms with E-state index >= 15 is 0 Å². The fraction of sp³-hybridized carbons (Fsp3) is 0.765. The molecule has 3 rings (SSSR count). The number of aromatic nitrogens is 5. The maximum Gasteiger partial charge on any atom is 0.239 e. The van der Waals surface area contributed by atoms with E-state index in [0.29, 0.717) is 5.89 Å². The van der Waals surface area contributed by atoms with Crippen LogP contribution in [0.4, 0.5) is 0 Å². The zero-order chi connectivity index (χ0) is 17.2. The number of H-pyrrole nitrogens is 1. The molecule has 1 saturated carbocycles. The maximum atomic E-state index is 5.40. The maximum absolute atomic E-state index is 5.40. The highest BCUT2D eigenvalue weighted by molar-refractivity contribution is 7.99. The van der Waals surface area contributed by atoms with Crippen LogP contribution in [0.3, 0.4) is 0 Å². The van der Waals surface area contributed by atoms with Crippen LogP contribution < -0.4 is 0 Å². The Hall–Kier alpha value is -1.37. The molecule has 0 saturated heterocycles. The van der Waals surface area contributed by atoms with Crippen molar-refractivity contribution < 1.29 is 4.52 Å². The Morgan fingerprint density at radius 3 is 2.67 bits per heavy atom. The third-order valence-corrected chi connectivity index (χ3v) is 5.47. The molecule has 24 heavy (non-hydrogen) atoms. The van der Waals surface area contributed by atoms with Crippen LogP contribution in [0.1, 0.15) is 82.6 Å². The standard InChI is InChI=1S/C17H27N5OS/c1-11(14-19-15(22-23-14)17(2,3)4)24-16-18-13(20-21-16)10-9-12-7-5-6-8-12/h11-12H,5-10H2,1-4H3,(H,18,20,21). The van der Waals surface area contributed by atoms with Gasteiger partial charge >= 0.3 is 0 Å². The summed E-state index contributed by atoms with van der Waals surface area (Å²) in [6.45, 7) is 8.27. The minimum Gasteiger partial charge on any atom is -0.338 e. The van der Waals surface area contributed by atoms with Crippen molar-refractivity contribution in [2.24, 2.45) is 5.92 Å². The van der Waals surface area contributed by atoms with E-state index in [0.717, 1.165) is 29.1 Å². The number of rotatable bonds is 6. The molecule has 1 N–H and O–H groups in total. The lowest BCUT2D eigenvalue weighted by Gasteiger charge is -2.11. The topological polar surface area (TPSA) is 80.5 Å². The molecule has 1 atom stereocenters. The van der Waals surface area contributed by atoms with Crippen molar-refractivity contribution in [3.8, 4) is 0 Å². The van der Waals surface area contributed by atoms with Crippen molar-refractivity contribution in [3.63, 3.8) is 0 Å². The second-order valence-corrected chi connectivity index (χ2v) is 9.03. The predicted octanol–water partition coefficient (Wildman–Crippen LogP) is 4.46. The minimum atomic E-state index is -0.107. The second kappa shape index (κ2) is 7.25. The van der Waals surface area contributed by atoms with Crippen LogP contribution in [0.5, 0.6) is 0 Å². The first-order chi connectivity index (χ1) is 11.4.